The van der Waals surface area contributed by atoms with Crippen LogP contribution in [0.1, 0.15) is 120 Å². The Hall–Kier alpha value is -4.90. The molecule has 3 fully saturated rings. The van der Waals surface area contributed by atoms with E-state index < -0.39 is 123 Å². The number of nitrogens with zero attached hydrogens (tertiary/aromatic N) is 7. The number of nitrogen functional groups attached to an aromatic ring is 1. The number of amidine groups is 3. The maximum atomic E-state index is 15.1. The van der Waals surface area contributed by atoms with E-state index in [1.54, 1.807) is 76.5 Å². The summed E-state index contributed by atoms with van der Waals surface area (Å²) >= 11 is 3.33. The SMILES string of the molecule is C.CNOC.COC(=O)[C@]12C[C@H]1[C@@](C)(c1cccc(F)c1F)N=C(N(COCC[Si](C)(C)C)C(=O)OC(C)(C)C)S2.CON(C)C(=O)[C@]12C[C@H]1[C@@](C)(c1cc(N)cc(F)c1F)N=C(N)S2.CON(C)C(=O)[C@]12C[C@H]1[C@@](C)(c1cccc(F)c1F)N=C(N(COCC[Si](C)(C)C)C(=O)OC(C)(C)C)S2.C[CH-]C.[Cl-].[Mg+2]. The average Bonchev–Trinajstić information content (AvgIpc) is 1.53. The van der Waals surface area contributed by atoms with Crippen molar-refractivity contribution in [3.8, 4) is 0 Å². The van der Waals surface area contributed by atoms with Crippen LogP contribution >= 0.6 is 35.3 Å². The van der Waals surface area contributed by atoms with E-state index in [9.17, 15) is 41.5 Å². The third kappa shape index (κ3) is 23.6. The summed E-state index contributed by atoms with van der Waals surface area (Å²) in [5.41, 5.74) is 8.68. The quantitative estimate of drug-likeness (QED) is 0.0116. The molecule has 0 radical (unpaired) electrons. The molecule has 3 aliphatic carbocycles. The molecule has 0 unspecified atom stereocenters. The summed E-state index contributed by atoms with van der Waals surface area (Å²) in [6.45, 7) is 33.3. The topological polar surface area (TPSA) is 273 Å². The van der Waals surface area contributed by atoms with Gasteiger partial charge in [0, 0.05) is 90.6 Å². The smallest absolute Gasteiger partial charge is 1.00 e. The fraction of sp³-hybridized carbons (Fsp3) is 0.625. The van der Waals surface area contributed by atoms with Crippen LogP contribution in [-0.4, -0.2) is 206 Å². The van der Waals surface area contributed by atoms with Gasteiger partial charge in [0.15, 0.2) is 50.4 Å². The first-order valence-electron chi connectivity index (χ1n) is 34.1. The Kier molecular flexibility index (Phi) is 36.0. The first-order valence-corrected chi connectivity index (χ1v) is 43.9. The van der Waals surface area contributed by atoms with Crippen molar-refractivity contribution in [3.05, 3.63) is 107 Å². The molecule has 5 N–H and O–H groups in total. The fourth-order valence-electron chi connectivity index (χ4n) is 12.0. The first-order chi connectivity index (χ1) is 48.5. The number of rotatable bonds is 19. The molecule has 3 saturated carbocycles. The number of benzene rings is 3. The largest absolute Gasteiger partial charge is 2.00 e. The zero-order chi connectivity index (χ0) is 79.8. The van der Waals surface area contributed by atoms with E-state index in [0.29, 0.717) is 32.5 Å². The van der Waals surface area contributed by atoms with Crippen molar-refractivity contribution >= 4 is 126 Å². The Morgan fingerprint density at radius 1 is 0.593 bits per heavy atom. The van der Waals surface area contributed by atoms with Crippen LogP contribution in [0.25, 0.3) is 0 Å². The van der Waals surface area contributed by atoms with E-state index in [0.717, 1.165) is 75.7 Å². The second-order valence-corrected chi connectivity index (χ2v) is 46.1. The Morgan fingerprint density at radius 2 is 0.935 bits per heavy atom. The van der Waals surface area contributed by atoms with Crippen LogP contribution in [0.3, 0.4) is 0 Å². The van der Waals surface area contributed by atoms with Gasteiger partial charge in [-0.2, -0.15) is 13.8 Å². The van der Waals surface area contributed by atoms with Crippen LogP contribution < -0.4 is 29.4 Å². The molecule has 9 rings (SSSR count). The number of esters is 1. The van der Waals surface area contributed by atoms with Crippen LogP contribution in [0.5, 0.6) is 0 Å². The number of aliphatic imine (C=N–C) groups is 3. The molecule has 0 bridgehead atoms. The number of fused-ring (bicyclic) bond motifs is 3. The van der Waals surface area contributed by atoms with Gasteiger partial charge in [-0.25, -0.2) is 61.3 Å². The van der Waals surface area contributed by atoms with Crippen molar-refractivity contribution in [3.63, 3.8) is 0 Å². The number of hydroxylamine groups is 5. The number of ether oxygens (including phenoxy) is 5. The number of carbonyl (C=O) groups is 5. The first kappa shape index (κ1) is 99.2. The molecule has 3 aromatic rings. The van der Waals surface area contributed by atoms with Crippen LogP contribution in [-0.2, 0) is 69.2 Å². The number of carbonyl (C=O) groups excluding carboxylic acids is 5. The number of hydrogen-bond acceptors (Lipinski definition) is 22. The van der Waals surface area contributed by atoms with Gasteiger partial charge >= 0.3 is 41.2 Å². The van der Waals surface area contributed by atoms with E-state index in [2.05, 4.69) is 54.6 Å². The standard InChI is InChI=1S/C26H39F2N3O5SSi.C25H36F2N2O5SSi.C15H18F2N4O2S.C3H7.C2H7NO.CH4.ClH.Mg/c1-24(2,3)36-23(33)31(16-35-13-14-38(7,8)9)22-29-25(4,17-11-10-12-18(27)20(17)28)19-15-26(19,37-22)21(32)30(5)34-6;1-23(2,3)34-22(31)29(15-33-12-13-36(6,7)8)21-28-24(4,16-10-9-11-17(26)19(16)27)18-14-25(18,35-21)20(30)32-5;1-14(8-4-7(18)5-9(16)11(8)17)10-6-15(10,24-13(19)20-14)12(22)21(2)23-3;1-3-2;1-3-4-2;;;/h10-12,19H,13-16H2,1-9H3;9-11,18H,12-15H2,1-8H3;4-5,10H,6,18H2,1-3H3,(H2,19,20);3H,1-2H3;3H,1-2H3;1H4;1H;/q;;;-1;;;;+2/p-1/t19-,25+,26-;18-,24+,25-;10-,14+,15-;;;;;/m000...../s1. The number of thioether (sulfide) groups is 3. The molecule has 3 aliphatic heterocycles. The van der Waals surface area contributed by atoms with E-state index >= 15 is 8.78 Å². The molecule has 0 aromatic heterocycles. The van der Waals surface area contributed by atoms with Gasteiger partial charge in [0.1, 0.15) is 38.9 Å². The summed E-state index contributed by atoms with van der Waals surface area (Å²) in [4.78, 5) is 96.5. The van der Waals surface area contributed by atoms with Crippen molar-refractivity contribution in [2.45, 2.75) is 196 Å². The van der Waals surface area contributed by atoms with Gasteiger partial charge in [0.25, 0.3) is 11.8 Å². The monoisotopic (exact) mass is 1650 g/mol. The molecule has 0 spiro atoms. The molecular formula is C72H111ClF6MgN10O13S3Si2. The summed E-state index contributed by atoms with van der Waals surface area (Å²) in [5.74, 6) is -8.55. The molecule has 604 valence electrons. The zero-order valence-corrected chi connectivity index (χ0v) is 72.6. The minimum absolute atomic E-state index is 0. The van der Waals surface area contributed by atoms with Gasteiger partial charge in [-0.3, -0.25) is 39.0 Å². The van der Waals surface area contributed by atoms with Crippen LogP contribution in [0.15, 0.2) is 63.5 Å². The molecule has 23 nitrogen and oxygen atoms in total. The minimum Gasteiger partial charge on any atom is -1.00 e. The van der Waals surface area contributed by atoms with Crippen molar-refractivity contribution in [1.29, 1.82) is 0 Å². The van der Waals surface area contributed by atoms with Gasteiger partial charge in [-0.1, -0.05) is 106 Å². The van der Waals surface area contributed by atoms with Crippen LogP contribution in [0.2, 0.25) is 51.4 Å². The van der Waals surface area contributed by atoms with Gasteiger partial charge < -0.3 is 58.8 Å². The van der Waals surface area contributed by atoms with E-state index in [4.69, 9.17) is 54.8 Å². The van der Waals surface area contributed by atoms with Gasteiger partial charge in [0.05, 0.1) is 45.1 Å². The number of hydrogen-bond donors (Lipinski definition) is 3. The van der Waals surface area contributed by atoms with Crippen molar-refractivity contribution in [2.24, 2.45) is 38.5 Å². The average molecular weight is 1650 g/mol. The Bertz CT molecular complexity index is 3740. The molecule has 0 saturated heterocycles. The van der Waals surface area contributed by atoms with Crippen molar-refractivity contribution in [1.82, 2.24) is 25.4 Å². The van der Waals surface area contributed by atoms with Crippen molar-refractivity contribution in [2.75, 3.05) is 82.0 Å². The molecular weight excluding hydrogens is 1540 g/mol. The summed E-state index contributed by atoms with van der Waals surface area (Å²) in [5, 5.41) is 2.65. The maximum absolute atomic E-state index is 15.1. The second-order valence-electron chi connectivity index (χ2n) is 31.0. The summed E-state index contributed by atoms with van der Waals surface area (Å²) in [6.07, 6.45) is 1.69. The van der Waals surface area contributed by atoms with E-state index in [1.165, 1.54) is 75.6 Å². The second kappa shape index (κ2) is 39.2. The number of methoxy groups -OCH3 is 1. The van der Waals surface area contributed by atoms with E-state index in [-0.39, 0.29) is 112 Å². The molecule has 3 aromatic carbocycles. The number of amides is 4. The predicted octanol–water partition coefficient (Wildman–Crippen LogP) is 11.2. The molecule has 6 aliphatic rings. The predicted molar refractivity (Wildman–Crippen MR) is 417 cm³/mol. The van der Waals surface area contributed by atoms with Gasteiger partial charge in [-0.05, 0) is 118 Å². The normalized spacial score (nSPS) is 24.6. The third-order valence-electron chi connectivity index (χ3n) is 17.9. The number of nitrogens with two attached hydrogens (primary N) is 2. The Balaban J connectivity index is 0.000000529. The summed E-state index contributed by atoms with van der Waals surface area (Å²) in [7, 11) is 7.51. The summed E-state index contributed by atoms with van der Waals surface area (Å²) < 4.78 is 112. The van der Waals surface area contributed by atoms with Crippen molar-refractivity contribution < 1.29 is 101 Å². The maximum Gasteiger partial charge on any atom is 2.00 e. The molecule has 108 heavy (non-hydrogen) atoms. The van der Waals surface area contributed by atoms with Gasteiger partial charge in [-0.15, -0.1) is 0 Å². The van der Waals surface area contributed by atoms with E-state index in [1.807, 2.05) is 20.3 Å². The Labute approximate surface area is 670 Å². The minimum atomic E-state index is -1.40. The molecule has 4 amide bonds. The van der Waals surface area contributed by atoms with Gasteiger partial charge in [0.2, 0.25) is 0 Å². The number of anilines is 1. The molecule has 3 heterocycles. The zero-order valence-electron chi connectivity index (χ0n) is 66.0. The third-order valence-corrected chi connectivity index (χ3v) is 25.5. The van der Waals surface area contributed by atoms with Crippen LogP contribution in [0.4, 0.5) is 41.6 Å². The molecule has 36 heteroatoms. The molecule has 9 atom stereocenters. The fourth-order valence-corrected chi connectivity index (χ4v) is 18.2. The van der Waals surface area contributed by atoms with Crippen LogP contribution in [0, 0.1) is 59.1 Å². The Morgan fingerprint density at radius 3 is 1.29 bits per heavy atom. The number of halogens is 7. The summed E-state index contributed by atoms with van der Waals surface area (Å²) in [6, 6.07) is 11.8. The number of nitrogens with one attached hydrogen (secondary N) is 1.